The van der Waals surface area contributed by atoms with E-state index >= 15 is 0 Å². The Morgan fingerprint density at radius 1 is 1.28 bits per heavy atom. The summed E-state index contributed by atoms with van der Waals surface area (Å²) >= 11 is 7.43. The Labute approximate surface area is 194 Å². The molecule has 0 amide bonds. The maximum atomic E-state index is 14.6. The molecule has 12 heteroatoms. The van der Waals surface area contributed by atoms with Gasteiger partial charge in [0.05, 0.1) is 33.5 Å². The average Bonchev–Trinajstić information content (AvgIpc) is 3.37. The molecule has 1 unspecified atom stereocenters. The van der Waals surface area contributed by atoms with Crippen molar-refractivity contribution in [1.29, 1.82) is 0 Å². The van der Waals surface area contributed by atoms with Crippen molar-refractivity contribution in [1.82, 2.24) is 20.0 Å². The summed E-state index contributed by atoms with van der Waals surface area (Å²) in [4.78, 5) is 13.7. The zero-order chi connectivity index (χ0) is 23.0. The van der Waals surface area contributed by atoms with E-state index in [1.54, 1.807) is 25.4 Å². The highest BCUT2D eigenvalue weighted by Gasteiger charge is 2.30. The van der Waals surface area contributed by atoms with E-state index in [0.717, 1.165) is 9.88 Å². The van der Waals surface area contributed by atoms with E-state index < -0.39 is 21.1 Å². The van der Waals surface area contributed by atoms with Gasteiger partial charge in [0.25, 0.3) is 0 Å². The van der Waals surface area contributed by atoms with E-state index in [2.05, 4.69) is 19.8 Å². The summed E-state index contributed by atoms with van der Waals surface area (Å²) in [7, 11) is -2.21. The van der Waals surface area contributed by atoms with E-state index in [-0.39, 0.29) is 23.4 Å². The van der Waals surface area contributed by atoms with E-state index in [4.69, 9.17) is 16.6 Å². The SMILES string of the molecule is CC(C)c1nc(-c2ccc(F)c(NS(=O)(=O)C3C=NN(C)C3)c2)c(-c2ccnc(Cl)n2)s1. The zero-order valence-corrected chi connectivity index (χ0v) is 19.8. The molecule has 32 heavy (non-hydrogen) atoms. The van der Waals surface area contributed by atoms with Crippen molar-refractivity contribution in [3.8, 4) is 21.8 Å². The van der Waals surface area contributed by atoms with Gasteiger partial charge in [-0.1, -0.05) is 13.8 Å². The maximum Gasteiger partial charge on any atom is 0.242 e. The lowest BCUT2D eigenvalue weighted by Crippen LogP contribution is -2.32. The number of hydrogen-bond donors (Lipinski definition) is 1. The molecule has 0 saturated carbocycles. The number of hydrazone groups is 1. The summed E-state index contributed by atoms with van der Waals surface area (Å²) in [5, 5.41) is 5.55. The van der Waals surface area contributed by atoms with Crippen LogP contribution in [0.15, 0.2) is 35.6 Å². The number of hydrogen-bond acceptors (Lipinski definition) is 8. The highest BCUT2D eigenvalue weighted by molar-refractivity contribution is 7.94. The number of nitrogens with zero attached hydrogens (tertiary/aromatic N) is 5. The summed E-state index contributed by atoms with van der Waals surface area (Å²) in [5.41, 5.74) is 1.54. The molecule has 168 valence electrons. The molecule has 0 spiro atoms. The fourth-order valence-corrected chi connectivity index (χ4v) is 5.56. The molecule has 1 aliphatic heterocycles. The molecule has 0 saturated heterocycles. The molecule has 8 nitrogen and oxygen atoms in total. The first-order valence-electron chi connectivity index (χ1n) is 9.70. The lowest BCUT2D eigenvalue weighted by molar-refractivity contribution is 0.392. The molecule has 2 aromatic heterocycles. The van der Waals surface area contributed by atoms with Gasteiger partial charge in [-0.15, -0.1) is 11.3 Å². The van der Waals surface area contributed by atoms with Gasteiger partial charge in [0, 0.05) is 30.9 Å². The number of thiazole rings is 1. The molecule has 0 bridgehead atoms. The number of anilines is 1. The first-order valence-corrected chi connectivity index (χ1v) is 12.4. The molecule has 1 atom stereocenters. The van der Waals surface area contributed by atoms with Crippen molar-refractivity contribution in [2.75, 3.05) is 18.3 Å². The van der Waals surface area contributed by atoms with Gasteiger partial charge in [-0.2, -0.15) is 5.10 Å². The first-order chi connectivity index (χ1) is 15.1. The van der Waals surface area contributed by atoms with Gasteiger partial charge in [0.15, 0.2) is 0 Å². The molecular formula is C20H20ClFN6O2S2. The van der Waals surface area contributed by atoms with Crippen LogP contribution in [0.1, 0.15) is 24.8 Å². The number of nitrogens with one attached hydrogen (secondary N) is 1. The summed E-state index contributed by atoms with van der Waals surface area (Å²) in [5.74, 6) is -0.534. The fraction of sp³-hybridized carbons (Fsp3) is 0.300. The third-order valence-electron chi connectivity index (χ3n) is 4.76. The second-order valence-corrected chi connectivity index (χ2v) is 10.8. The van der Waals surface area contributed by atoms with Crippen molar-refractivity contribution in [2.24, 2.45) is 5.10 Å². The van der Waals surface area contributed by atoms with Crippen molar-refractivity contribution >= 4 is 44.9 Å². The van der Waals surface area contributed by atoms with Gasteiger partial charge in [-0.25, -0.2) is 27.8 Å². The minimum atomic E-state index is -3.88. The topological polar surface area (TPSA) is 100 Å². The number of aromatic nitrogens is 3. The Morgan fingerprint density at radius 2 is 2.06 bits per heavy atom. The molecule has 0 aliphatic carbocycles. The van der Waals surface area contributed by atoms with Crippen molar-refractivity contribution in [3.63, 3.8) is 0 Å². The van der Waals surface area contributed by atoms with Crippen molar-refractivity contribution in [3.05, 3.63) is 46.6 Å². The van der Waals surface area contributed by atoms with Crippen LogP contribution in [0.5, 0.6) is 0 Å². The normalized spacial score (nSPS) is 16.2. The van der Waals surface area contributed by atoms with Crippen molar-refractivity contribution < 1.29 is 12.8 Å². The maximum absolute atomic E-state index is 14.6. The third kappa shape index (κ3) is 4.59. The van der Waals surface area contributed by atoms with E-state index in [9.17, 15) is 12.8 Å². The molecule has 4 rings (SSSR count). The molecule has 3 heterocycles. The van der Waals surface area contributed by atoms with Crippen LogP contribution in [0.3, 0.4) is 0 Å². The van der Waals surface area contributed by atoms with Gasteiger partial charge in [-0.05, 0) is 35.9 Å². The number of sulfonamides is 1. The molecular weight excluding hydrogens is 475 g/mol. The largest absolute Gasteiger partial charge is 0.299 e. The van der Waals surface area contributed by atoms with E-state index in [1.807, 2.05) is 13.8 Å². The lowest BCUT2D eigenvalue weighted by Gasteiger charge is -2.14. The van der Waals surface area contributed by atoms with Gasteiger partial charge in [0.2, 0.25) is 15.3 Å². The third-order valence-corrected chi connectivity index (χ3v) is 7.89. The Hall–Kier alpha value is -2.63. The van der Waals surface area contributed by atoms with Crippen LogP contribution < -0.4 is 4.72 Å². The molecule has 0 radical (unpaired) electrons. The summed E-state index contributed by atoms with van der Waals surface area (Å²) in [6, 6.07) is 5.93. The highest BCUT2D eigenvalue weighted by atomic mass is 35.5. The lowest BCUT2D eigenvalue weighted by atomic mass is 10.1. The standard InChI is InChI=1S/C20H20ClFN6O2S2/c1-11(2)19-26-17(18(31-19)15-6-7-23-20(21)25-15)12-4-5-14(22)16(8-12)27-32(29,30)13-9-24-28(3)10-13/h4-9,11,13,27H,10H2,1-3H3. The van der Waals surface area contributed by atoms with Crippen LogP contribution in [-0.4, -0.2) is 53.4 Å². The monoisotopic (exact) mass is 494 g/mol. The summed E-state index contributed by atoms with van der Waals surface area (Å²) in [6.07, 6.45) is 2.88. The Balaban J connectivity index is 1.76. The second-order valence-electron chi connectivity index (χ2n) is 7.58. The van der Waals surface area contributed by atoms with Gasteiger partial charge in [-0.3, -0.25) is 9.73 Å². The first kappa shape index (κ1) is 22.6. The number of benzene rings is 1. The molecule has 3 aromatic rings. The zero-order valence-electron chi connectivity index (χ0n) is 17.5. The minimum Gasteiger partial charge on any atom is -0.299 e. The van der Waals surface area contributed by atoms with Gasteiger partial charge in [0.1, 0.15) is 11.1 Å². The summed E-state index contributed by atoms with van der Waals surface area (Å²) < 4.78 is 42.4. The molecule has 1 N–H and O–H groups in total. The molecule has 1 aromatic carbocycles. The molecule has 0 fully saturated rings. The van der Waals surface area contributed by atoms with Gasteiger partial charge < -0.3 is 0 Å². The van der Waals surface area contributed by atoms with Crippen molar-refractivity contribution in [2.45, 2.75) is 25.0 Å². The van der Waals surface area contributed by atoms with E-state index in [0.29, 0.717) is 17.0 Å². The predicted molar refractivity (Wildman–Crippen MR) is 125 cm³/mol. The smallest absolute Gasteiger partial charge is 0.242 e. The Bertz CT molecular complexity index is 1290. The van der Waals surface area contributed by atoms with Crippen LogP contribution >= 0.6 is 22.9 Å². The molecule has 1 aliphatic rings. The van der Waals surface area contributed by atoms with Gasteiger partial charge >= 0.3 is 0 Å². The highest BCUT2D eigenvalue weighted by Crippen LogP contribution is 2.39. The number of rotatable bonds is 6. The quantitative estimate of drug-likeness (QED) is 0.515. The Morgan fingerprint density at radius 3 is 2.72 bits per heavy atom. The minimum absolute atomic E-state index is 0.101. The predicted octanol–water partition coefficient (Wildman–Crippen LogP) is 4.22. The van der Waals surface area contributed by atoms with Crippen LogP contribution in [0.2, 0.25) is 5.28 Å². The average molecular weight is 495 g/mol. The fourth-order valence-electron chi connectivity index (χ4n) is 3.12. The van der Waals surface area contributed by atoms with Crippen LogP contribution in [0.25, 0.3) is 21.8 Å². The van der Waals surface area contributed by atoms with Crippen LogP contribution in [0, 0.1) is 5.82 Å². The van der Waals surface area contributed by atoms with Crippen LogP contribution in [0.4, 0.5) is 10.1 Å². The second kappa shape index (κ2) is 8.72. The number of halogens is 2. The summed E-state index contributed by atoms with van der Waals surface area (Å²) in [6.45, 7) is 4.23. The van der Waals surface area contributed by atoms with Crippen LogP contribution in [-0.2, 0) is 10.0 Å². The Kier molecular flexibility index (Phi) is 6.15. The van der Waals surface area contributed by atoms with E-state index in [1.165, 1.54) is 34.7 Å².